The second-order valence-electron chi connectivity index (χ2n) is 4.20. The second kappa shape index (κ2) is 7.44. The summed E-state index contributed by atoms with van der Waals surface area (Å²) in [6.45, 7) is 0.571. The molecule has 6 heteroatoms. The summed E-state index contributed by atoms with van der Waals surface area (Å²) < 4.78 is 0. The molecule has 1 N–H and O–H groups in total. The number of rotatable bonds is 6. The number of benzene rings is 2. The lowest BCUT2D eigenvalue weighted by Gasteiger charge is -2.00. The Hall–Kier alpha value is -2.34. The number of thioether (sulfide) groups is 1. The number of aromatic hydroxyl groups is 1. The van der Waals surface area contributed by atoms with Gasteiger partial charge in [0.2, 0.25) is 0 Å². The zero-order valence-electron chi connectivity index (χ0n) is 11.2. The van der Waals surface area contributed by atoms with Crippen molar-refractivity contribution in [3.8, 4) is 5.75 Å². The van der Waals surface area contributed by atoms with E-state index >= 15 is 0 Å². The standard InChI is InChI=1S/C15H14N2O3S/c18-15-7-6-13(17(19)20)10-12(15)11-16-8-9-21-14-4-2-1-3-5-14/h1-7,10-11,18H,8-9H2. The van der Waals surface area contributed by atoms with Crippen molar-refractivity contribution in [3.05, 3.63) is 64.2 Å². The number of hydrogen-bond donors (Lipinski definition) is 1. The van der Waals surface area contributed by atoms with Gasteiger partial charge < -0.3 is 5.11 Å². The van der Waals surface area contributed by atoms with Crippen LogP contribution in [0.2, 0.25) is 0 Å². The van der Waals surface area contributed by atoms with Gasteiger partial charge in [0.1, 0.15) is 5.75 Å². The molecule has 0 aliphatic carbocycles. The number of nitro benzene ring substituents is 1. The maximum atomic E-state index is 10.7. The highest BCUT2D eigenvalue weighted by Gasteiger charge is 2.08. The van der Waals surface area contributed by atoms with Gasteiger partial charge in [-0.3, -0.25) is 15.1 Å². The summed E-state index contributed by atoms with van der Waals surface area (Å²) in [7, 11) is 0. The van der Waals surface area contributed by atoms with E-state index in [1.807, 2.05) is 30.3 Å². The normalized spacial score (nSPS) is 10.9. The Bertz CT molecular complexity index is 645. The van der Waals surface area contributed by atoms with Gasteiger partial charge in [0.05, 0.1) is 4.92 Å². The van der Waals surface area contributed by atoms with E-state index in [2.05, 4.69) is 4.99 Å². The van der Waals surface area contributed by atoms with Crippen LogP contribution in [0.15, 0.2) is 58.4 Å². The quantitative estimate of drug-likeness (QED) is 0.291. The number of hydrogen-bond acceptors (Lipinski definition) is 5. The fraction of sp³-hybridized carbons (Fsp3) is 0.133. The molecule has 2 aromatic carbocycles. The van der Waals surface area contributed by atoms with E-state index in [0.29, 0.717) is 12.1 Å². The number of non-ortho nitro benzene ring substituents is 1. The summed E-state index contributed by atoms with van der Waals surface area (Å²) >= 11 is 1.68. The zero-order valence-corrected chi connectivity index (χ0v) is 12.0. The Morgan fingerprint density at radius 2 is 2.00 bits per heavy atom. The van der Waals surface area contributed by atoms with E-state index in [0.717, 1.165) is 5.75 Å². The lowest BCUT2D eigenvalue weighted by Crippen LogP contribution is -1.92. The molecule has 0 saturated carbocycles. The summed E-state index contributed by atoms with van der Waals surface area (Å²) in [5.41, 5.74) is 0.293. The molecule has 0 unspecified atom stereocenters. The number of phenols is 1. The highest BCUT2D eigenvalue weighted by atomic mass is 32.2. The minimum Gasteiger partial charge on any atom is -0.507 e. The Morgan fingerprint density at radius 1 is 1.24 bits per heavy atom. The molecule has 108 valence electrons. The van der Waals surface area contributed by atoms with Gasteiger partial charge in [-0.05, 0) is 18.2 Å². The van der Waals surface area contributed by atoms with Gasteiger partial charge >= 0.3 is 0 Å². The van der Waals surface area contributed by atoms with Crippen molar-refractivity contribution in [2.75, 3.05) is 12.3 Å². The van der Waals surface area contributed by atoms with Gasteiger partial charge in [0, 0.05) is 41.1 Å². The Morgan fingerprint density at radius 3 is 2.71 bits per heavy atom. The third-order valence-corrected chi connectivity index (χ3v) is 3.68. The molecule has 0 bridgehead atoms. The van der Waals surface area contributed by atoms with E-state index in [1.54, 1.807) is 11.8 Å². The summed E-state index contributed by atoms with van der Waals surface area (Å²) in [4.78, 5) is 15.5. The summed E-state index contributed by atoms with van der Waals surface area (Å²) in [5.74, 6) is 0.788. The van der Waals surface area contributed by atoms with Crippen LogP contribution < -0.4 is 0 Å². The van der Waals surface area contributed by atoms with Crippen molar-refractivity contribution >= 4 is 23.7 Å². The van der Waals surface area contributed by atoms with Crippen molar-refractivity contribution in [1.82, 2.24) is 0 Å². The minimum absolute atomic E-state index is 0.0138. The lowest BCUT2D eigenvalue weighted by atomic mass is 10.2. The van der Waals surface area contributed by atoms with Crippen LogP contribution >= 0.6 is 11.8 Å². The van der Waals surface area contributed by atoms with E-state index < -0.39 is 4.92 Å². The second-order valence-corrected chi connectivity index (χ2v) is 5.37. The van der Waals surface area contributed by atoms with Gasteiger partial charge in [-0.2, -0.15) is 0 Å². The molecule has 0 aromatic heterocycles. The van der Waals surface area contributed by atoms with Crippen molar-refractivity contribution in [2.24, 2.45) is 4.99 Å². The summed E-state index contributed by atoms with van der Waals surface area (Å²) in [6.07, 6.45) is 1.47. The van der Waals surface area contributed by atoms with Crippen LogP contribution in [0.25, 0.3) is 0 Å². The van der Waals surface area contributed by atoms with E-state index in [9.17, 15) is 15.2 Å². The van der Waals surface area contributed by atoms with E-state index in [4.69, 9.17) is 0 Å². The molecular formula is C15H14N2O3S. The van der Waals surface area contributed by atoms with Crippen LogP contribution in [0.4, 0.5) is 5.69 Å². The molecule has 2 aromatic rings. The molecular weight excluding hydrogens is 288 g/mol. The molecule has 0 spiro atoms. The molecule has 0 saturated heterocycles. The molecule has 0 aliphatic heterocycles. The first-order valence-corrected chi connectivity index (χ1v) is 7.30. The summed E-state index contributed by atoms with van der Waals surface area (Å²) in [6, 6.07) is 13.9. The predicted molar refractivity (Wildman–Crippen MR) is 84.4 cm³/mol. The van der Waals surface area contributed by atoms with E-state index in [1.165, 1.54) is 29.3 Å². The number of phenolic OH excluding ortho intramolecular Hbond substituents is 1. The number of nitrogens with zero attached hydrogens (tertiary/aromatic N) is 2. The predicted octanol–water partition coefficient (Wildman–Crippen LogP) is 3.51. The van der Waals surface area contributed by atoms with Gasteiger partial charge in [0.15, 0.2) is 0 Å². The highest BCUT2D eigenvalue weighted by Crippen LogP contribution is 2.21. The molecule has 0 fully saturated rings. The topological polar surface area (TPSA) is 75.7 Å². The van der Waals surface area contributed by atoms with Crippen molar-refractivity contribution in [3.63, 3.8) is 0 Å². The molecule has 0 heterocycles. The third-order valence-electron chi connectivity index (χ3n) is 2.68. The zero-order chi connectivity index (χ0) is 15.1. The van der Waals surface area contributed by atoms with Crippen LogP contribution in [0.5, 0.6) is 5.75 Å². The largest absolute Gasteiger partial charge is 0.507 e. The van der Waals surface area contributed by atoms with Crippen LogP contribution in [0.3, 0.4) is 0 Å². The first-order chi connectivity index (χ1) is 10.2. The molecule has 0 radical (unpaired) electrons. The average molecular weight is 302 g/mol. The highest BCUT2D eigenvalue weighted by molar-refractivity contribution is 7.99. The maximum absolute atomic E-state index is 10.7. The molecule has 2 rings (SSSR count). The lowest BCUT2D eigenvalue weighted by molar-refractivity contribution is -0.384. The van der Waals surface area contributed by atoms with Crippen LogP contribution in [-0.4, -0.2) is 28.5 Å². The Labute approximate surface area is 126 Å². The molecule has 0 atom stereocenters. The first-order valence-electron chi connectivity index (χ1n) is 6.32. The van der Waals surface area contributed by atoms with Crippen LogP contribution in [-0.2, 0) is 0 Å². The Kier molecular flexibility index (Phi) is 5.34. The van der Waals surface area contributed by atoms with Crippen molar-refractivity contribution in [1.29, 1.82) is 0 Å². The SMILES string of the molecule is O=[N+]([O-])c1ccc(O)c(C=NCCSc2ccccc2)c1. The fourth-order valence-corrected chi connectivity index (χ4v) is 2.44. The van der Waals surface area contributed by atoms with Crippen LogP contribution in [0.1, 0.15) is 5.56 Å². The fourth-order valence-electron chi connectivity index (χ4n) is 1.65. The number of aliphatic imine (C=N–C) groups is 1. The van der Waals surface area contributed by atoms with Gasteiger partial charge in [0.25, 0.3) is 5.69 Å². The molecule has 5 nitrogen and oxygen atoms in total. The van der Waals surface area contributed by atoms with Gasteiger partial charge in [-0.25, -0.2) is 0 Å². The minimum atomic E-state index is -0.498. The third kappa shape index (κ3) is 4.61. The maximum Gasteiger partial charge on any atom is 0.270 e. The smallest absolute Gasteiger partial charge is 0.270 e. The van der Waals surface area contributed by atoms with Gasteiger partial charge in [-0.1, -0.05) is 18.2 Å². The average Bonchev–Trinajstić information content (AvgIpc) is 2.49. The van der Waals surface area contributed by atoms with Crippen molar-refractivity contribution in [2.45, 2.75) is 4.90 Å². The first kappa shape index (κ1) is 15.1. The summed E-state index contributed by atoms with van der Waals surface area (Å²) in [5, 5.41) is 20.3. The molecule has 0 aliphatic rings. The monoisotopic (exact) mass is 302 g/mol. The van der Waals surface area contributed by atoms with Gasteiger partial charge in [-0.15, -0.1) is 11.8 Å². The molecule has 21 heavy (non-hydrogen) atoms. The van der Waals surface area contributed by atoms with Crippen molar-refractivity contribution < 1.29 is 10.0 Å². The Balaban J connectivity index is 1.89. The molecule has 0 amide bonds. The van der Waals surface area contributed by atoms with E-state index in [-0.39, 0.29) is 11.4 Å². The van der Waals surface area contributed by atoms with Crippen LogP contribution in [0, 0.1) is 10.1 Å². The number of nitro groups is 1.